The number of nitriles is 1. The van der Waals surface area contributed by atoms with Gasteiger partial charge in [0.25, 0.3) is 0 Å². The van der Waals surface area contributed by atoms with Gasteiger partial charge in [-0.1, -0.05) is 0 Å². The molecule has 1 aromatic rings. The Labute approximate surface area is 137 Å². The van der Waals surface area contributed by atoms with E-state index >= 15 is 0 Å². The fourth-order valence-electron chi connectivity index (χ4n) is 1.88. The third-order valence-electron chi connectivity index (χ3n) is 2.86. The van der Waals surface area contributed by atoms with Crippen LogP contribution >= 0.6 is 11.8 Å². The molecule has 1 aliphatic rings. The lowest BCUT2D eigenvalue weighted by atomic mass is 10.2. The molecule has 1 atom stereocenters. The largest absolute Gasteiger partial charge is 0.444 e. The Morgan fingerprint density at radius 2 is 2.22 bits per heavy atom. The van der Waals surface area contributed by atoms with Crippen LogP contribution in [0.3, 0.4) is 0 Å². The molecular weight excluding hydrogens is 321 g/mol. The van der Waals surface area contributed by atoms with Crippen LogP contribution in [-0.2, 0) is 9.53 Å². The first kappa shape index (κ1) is 17.1. The smallest absolute Gasteiger partial charge is 0.408 e. The molecule has 122 valence electrons. The van der Waals surface area contributed by atoms with Crippen LogP contribution in [0.1, 0.15) is 26.3 Å². The van der Waals surface area contributed by atoms with Crippen LogP contribution in [0.4, 0.5) is 14.9 Å². The first-order valence-corrected chi connectivity index (χ1v) is 7.85. The predicted molar refractivity (Wildman–Crippen MR) is 83.6 cm³/mol. The van der Waals surface area contributed by atoms with E-state index in [0.29, 0.717) is 10.6 Å². The fourth-order valence-corrected chi connectivity index (χ4v) is 2.92. The lowest BCUT2D eigenvalue weighted by Crippen LogP contribution is -2.46. The number of nitrogens with zero attached hydrogens (tertiary/aromatic N) is 1. The number of amides is 2. The molecule has 23 heavy (non-hydrogen) atoms. The maximum atomic E-state index is 13.7. The highest BCUT2D eigenvalue weighted by Crippen LogP contribution is 2.33. The molecule has 0 radical (unpaired) electrons. The number of nitrogens with one attached hydrogen (secondary N) is 2. The molecule has 1 heterocycles. The van der Waals surface area contributed by atoms with Gasteiger partial charge in [-0.15, -0.1) is 11.8 Å². The molecule has 1 aromatic carbocycles. The minimum atomic E-state index is -0.823. The van der Waals surface area contributed by atoms with E-state index in [0.717, 1.165) is 0 Å². The van der Waals surface area contributed by atoms with Crippen molar-refractivity contribution in [1.82, 2.24) is 5.32 Å². The summed E-state index contributed by atoms with van der Waals surface area (Å²) in [5, 5.41) is 13.9. The van der Waals surface area contributed by atoms with Crippen LogP contribution in [0.15, 0.2) is 17.0 Å². The summed E-state index contributed by atoms with van der Waals surface area (Å²) in [7, 11) is 0. The highest BCUT2D eigenvalue weighted by Gasteiger charge is 2.28. The summed E-state index contributed by atoms with van der Waals surface area (Å²) >= 11 is 1.21. The lowest BCUT2D eigenvalue weighted by molar-refractivity contribution is -0.117. The van der Waals surface area contributed by atoms with Gasteiger partial charge in [-0.2, -0.15) is 5.26 Å². The summed E-state index contributed by atoms with van der Waals surface area (Å²) in [5.41, 5.74) is -0.471. The normalized spacial score (nSPS) is 17.3. The Hall–Kier alpha value is -2.27. The fraction of sp³-hybridized carbons (Fsp3) is 0.400. The Bertz CT molecular complexity index is 694. The number of benzene rings is 1. The molecule has 2 rings (SSSR count). The van der Waals surface area contributed by atoms with Crippen molar-refractivity contribution in [2.24, 2.45) is 0 Å². The van der Waals surface area contributed by atoms with Gasteiger partial charge in [-0.3, -0.25) is 4.79 Å². The second-order valence-electron chi connectivity index (χ2n) is 5.94. The summed E-state index contributed by atoms with van der Waals surface area (Å²) in [5.74, 6) is -0.868. The summed E-state index contributed by atoms with van der Waals surface area (Å²) < 4.78 is 18.8. The van der Waals surface area contributed by atoms with Gasteiger partial charge in [0, 0.05) is 10.6 Å². The Morgan fingerprint density at radius 1 is 1.52 bits per heavy atom. The van der Waals surface area contributed by atoms with E-state index in [4.69, 9.17) is 10.00 Å². The Morgan fingerprint density at radius 3 is 2.83 bits per heavy atom. The lowest BCUT2D eigenvalue weighted by Gasteiger charge is -2.22. The van der Waals surface area contributed by atoms with Gasteiger partial charge < -0.3 is 15.4 Å². The third kappa shape index (κ3) is 4.36. The van der Waals surface area contributed by atoms with E-state index < -0.39 is 29.5 Å². The number of carbonyl (C=O) groups is 2. The number of fused-ring (bicyclic) bond motifs is 1. The minimum absolute atomic E-state index is 0.150. The van der Waals surface area contributed by atoms with Crippen molar-refractivity contribution in [3.8, 4) is 6.07 Å². The zero-order chi connectivity index (χ0) is 17.2. The van der Waals surface area contributed by atoms with Gasteiger partial charge in [-0.05, 0) is 32.9 Å². The molecule has 2 amide bonds. The molecule has 0 aliphatic carbocycles. The number of carbonyl (C=O) groups excluding carboxylic acids is 2. The van der Waals surface area contributed by atoms with Crippen LogP contribution < -0.4 is 10.6 Å². The zero-order valence-corrected chi connectivity index (χ0v) is 13.7. The first-order chi connectivity index (χ1) is 10.7. The van der Waals surface area contributed by atoms with Gasteiger partial charge in [0.05, 0.1) is 11.3 Å². The van der Waals surface area contributed by atoms with Crippen LogP contribution in [0.5, 0.6) is 0 Å². The number of alkyl carbamates (subject to hydrolysis) is 1. The molecule has 0 unspecified atom stereocenters. The molecule has 0 bridgehead atoms. The van der Waals surface area contributed by atoms with Gasteiger partial charge >= 0.3 is 6.09 Å². The Kier molecular flexibility index (Phi) is 4.80. The SMILES string of the molecule is CC(C)(C)OC(=O)N[C@H]1CSc2cc(F)c(C#N)cc2NC1=O. The van der Waals surface area contributed by atoms with Crippen LogP contribution in [0.25, 0.3) is 0 Å². The summed E-state index contributed by atoms with van der Waals surface area (Å²) in [6.45, 7) is 5.16. The Balaban J connectivity index is 2.14. The molecule has 0 saturated heterocycles. The van der Waals surface area contributed by atoms with Gasteiger partial charge in [-0.25, -0.2) is 9.18 Å². The summed E-state index contributed by atoms with van der Waals surface area (Å²) in [6.07, 6.45) is -0.701. The average molecular weight is 337 g/mol. The van der Waals surface area contributed by atoms with Crippen LogP contribution in [0, 0.1) is 17.1 Å². The molecule has 8 heteroatoms. The molecule has 6 nitrogen and oxygen atoms in total. The second-order valence-corrected chi connectivity index (χ2v) is 7.00. The topological polar surface area (TPSA) is 91.2 Å². The van der Waals surface area contributed by atoms with Crippen molar-refractivity contribution >= 4 is 29.4 Å². The van der Waals surface area contributed by atoms with E-state index in [9.17, 15) is 14.0 Å². The second kappa shape index (κ2) is 6.46. The minimum Gasteiger partial charge on any atom is -0.444 e. The van der Waals surface area contributed by atoms with Crippen LogP contribution in [-0.4, -0.2) is 29.4 Å². The molecule has 0 aromatic heterocycles. The van der Waals surface area contributed by atoms with E-state index in [1.54, 1.807) is 26.8 Å². The number of ether oxygens (including phenoxy) is 1. The summed E-state index contributed by atoms with van der Waals surface area (Å²) in [4.78, 5) is 24.5. The molecule has 0 saturated carbocycles. The van der Waals surface area contributed by atoms with E-state index in [-0.39, 0.29) is 11.3 Å². The van der Waals surface area contributed by atoms with E-state index in [1.165, 1.54) is 23.9 Å². The van der Waals surface area contributed by atoms with Crippen molar-refractivity contribution in [2.75, 3.05) is 11.1 Å². The number of thioether (sulfide) groups is 1. The highest BCUT2D eigenvalue weighted by atomic mass is 32.2. The maximum Gasteiger partial charge on any atom is 0.408 e. The van der Waals surface area contributed by atoms with Gasteiger partial charge in [0.2, 0.25) is 5.91 Å². The maximum absolute atomic E-state index is 13.7. The number of hydrogen-bond acceptors (Lipinski definition) is 5. The number of hydrogen-bond donors (Lipinski definition) is 2. The van der Waals surface area contributed by atoms with Crippen molar-refractivity contribution in [3.05, 3.63) is 23.5 Å². The van der Waals surface area contributed by atoms with Crippen molar-refractivity contribution in [3.63, 3.8) is 0 Å². The van der Waals surface area contributed by atoms with Crippen LogP contribution in [0.2, 0.25) is 0 Å². The monoisotopic (exact) mass is 337 g/mol. The standard InChI is InChI=1S/C15H16FN3O3S/c1-15(2,3)22-14(21)19-11-7-23-12-5-9(16)8(6-17)4-10(12)18-13(11)20/h4-5,11H,7H2,1-3H3,(H,18,20)(H,19,21)/t11-/m0/s1. The predicted octanol–water partition coefficient (Wildman–Crippen LogP) is 2.63. The first-order valence-electron chi connectivity index (χ1n) is 6.86. The third-order valence-corrected chi connectivity index (χ3v) is 4.01. The number of halogens is 1. The van der Waals surface area contributed by atoms with Gasteiger partial charge in [0.15, 0.2) is 0 Å². The highest BCUT2D eigenvalue weighted by molar-refractivity contribution is 7.99. The van der Waals surface area contributed by atoms with E-state index in [2.05, 4.69) is 10.6 Å². The molecule has 0 fully saturated rings. The quantitative estimate of drug-likeness (QED) is 0.822. The number of anilines is 1. The molecule has 1 aliphatic heterocycles. The van der Waals surface area contributed by atoms with Crippen molar-refractivity contribution in [1.29, 1.82) is 5.26 Å². The van der Waals surface area contributed by atoms with E-state index in [1.807, 2.05) is 0 Å². The number of rotatable bonds is 1. The molecule has 2 N–H and O–H groups in total. The average Bonchev–Trinajstić information content (AvgIpc) is 2.56. The zero-order valence-electron chi connectivity index (χ0n) is 12.9. The molecular formula is C15H16FN3O3S. The molecule has 0 spiro atoms. The summed E-state index contributed by atoms with van der Waals surface area (Å²) in [6, 6.07) is 3.39. The van der Waals surface area contributed by atoms with Crippen molar-refractivity contribution in [2.45, 2.75) is 37.3 Å². The van der Waals surface area contributed by atoms with Gasteiger partial charge in [0.1, 0.15) is 23.5 Å². The van der Waals surface area contributed by atoms with Crippen molar-refractivity contribution < 1.29 is 18.7 Å².